The van der Waals surface area contributed by atoms with Crippen LogP contribution in [0.25, 0.3) is 0 Å². The lowest BCUT2D eigenvalue weighted by atomic mass is 9.80. The first kappa shape index (κ1) is 21.2. The molecule has 0 atom stereocenters. The lowest BCUT2D eigenvalue weighted by molar-refractivity contribution is -0.140. The van der Waals surface area contributed by atoms with E-state index in [1.807, 2.05) is 11.8 Å². The molecule has 0 heterocycles. The van der Waals surface area contributed by atoms with E-state index in [0.29, 0.717) is 24.9 Å². The highest BCUT2D eigenvalue weighted by atomic mass is 19.4. The summed E-state index contributed by atoms with van der Waals surface area (Å²) in [6.45, 7) is 5.63. The number of amides is 1. The van der Waals surface area contributed by atoms with E-state index in [9.17, 15) is 22.8 Å². The second kappa shape index (κ2) is 7.88. The zero-order valence-corrected chi connectivity index (χ0v) is 15.6. The van der Waals surface area contributed by atoms with Gasteiger partial charge in [-0.25, -0.2) is 0 Å². The van der Waals surface area contributed by atoms with Crippen LogP contribution in [0.2, 0.25) is 0 Å². The molecule has 0 bridgehead atoms. The Balaban J connectivity index is 1.99. The molecule has 5 nitrogen and oxygen atoms in total. The molecule has 150 valence electrons. The molecule has 1 amide bonds. The van der Waals surface area contributed by atoms with Gasteiger partial charge in [-0.3, -0.25) is 14.5 Å². The molecule has 2 N–H and O–H groups in total. The van der Waals surface area contributed by atoms with Crippen molar-refractivity contribution in [2.45, 2.75) is 57.3 Å². The van der Waals surface area contributed by atoms with Crippen molar-refractivity contribution in [1.82, 2.24) is 10.2 Å². The third kappa shape index (κ3) is 5.00. The Morgan fingerprint density at radius 1 is 1.22 bits per heavy atom. The summed E-state index contributed by atoms with van der Waals surface area (Å²) in [7, 11) is 0. The van der Waals surface area contributed by atoms with Crippen LogP contribution < -0.4 is 5.32 Å². The highest BCUT2D eigenvalue weighted by Gasteiger charge is 2.39. The number of aliphatic carboxylic acids is 1. The van der Waals surface area contributed by atoms with Crippen LogP contribution in [-0.2, 0) is 21.2 Å². The van der Waals surface area contributed by atoms with Crippen LogP contribution in [0.4, 0.5) is 13.2 Å². The fourth-order valence-corrected chi connectivity index (χ4v) is 3.26. The monoisotopic (exact) mass is 386 g/mol. The molecule has 0 radical (unpaired) electrons. The van der Waals surface area contributed by atoms with Gasteiger partial charge in [-0.15, -0.1) is 0 Å². The maximum Gasteiger partial charge on any atom is 0.416 e. The smallest absolute Gasteiger partial charge is 0.416 e. The molecule has 1 fully saturated rings. The van der Waals surface area contributed by atoms with Gasteiger partial charge in [-0.05, 0) is 44.9 Å². The van der Waals surface area contributed by atoms with Gasteiger partial charge in [0.1, 0.15) is 0 Å². The Bertz CT molecular complexity index is 698. The largest absolute Gasteiger partial charge is 0.480 e. The van der Waals surface area contributed by atoms with E-state index in [1.165, 1.54) is 12.1 Å². The Hall–Kier alpha value is -2.09. The van der Waals surface area contributed by atoms with E-state index in [4.69, 9.17) is 5.11 Å². The molecule has 2 rings (SSSR count). The maximum absolute atomic E-state index is 12.9. The average Bonchev–Trinajstić information content (AvgIpc) is 2.54. The molecule has 1 aromatic rings. The average molecular weight is 386 g/mol. The van der Waals surface area contributed by atoms with Crippen molar-refractivity contribution < 1.29 is 27.9 Å². The zero-order valence-electron chi connectivity index (χ0n) is 15.6. The number of alkyl halides is 3. The summed E-state index contributed by atoms with van der Waals surface area (Å²) in [5, 5.41) is 11.8. The van der Waals surface area contributed by atoms with Crippen LogP contribution in [0.3, 0.4) is 0 Å². The topological polar surface area (TPSA) is 69.6 Å². The van der Waals surface area contributed by atoms with Gasteiger partial charge in [0.25, 0.3) is 0 Å². The number of carboxylic acids is 1. The van der Waals surface area contributed by atoms with Gasteiger partial charge in [0.05, 0.1) is 17.5 Å². The first-order valence-electron chi connectivity index (χ1n) is 8.89. The number of likely N-dealkylation sites (N-methyl/N-ethyl adjacent to an activating group) is 1. The summed E-state index contributed by atoms with van der Waals surface area (Å²) < 4.78 is 38.8. The number of nitrogens with zero attached hydrogens (tertiary/aromatic N) is 1. The fourth-order valence-electron chi connectivity index (χ4n) is 3.26. The quantitative estimate of drug-likeness (QED) is 0.756. The Kier molecular flexibility index (Phi) is 6.19. The van der Waals surface area contributed by atoms with E-state index >= 15 is 0 Å². The van der Waals surface area contributed by atoms with Crippen molar-refractivity contribution in [3.63, 3.8) is 0 Å². The molecule has 1 aromatic carbocycles. The van der Waals surface area contributed by atoms with Crippen LogP contribution in [0, 0.1) is 0 Å². The van der Waals surface area contributed by atoms with Gasteiger partial charge < -0.3 is 10.4 Å². The van der Waals surface area contributed by atoms with E-state index in [1.54, 1.807) is 13.8 Å². The number of carbonyl (C=O) groups excluding carboxylic acids is 1. The van der Waals surface area contributed by atoms with Crippen LogP contribution >= 0.6 is 0 Å². The van der Waals surface area contributed by atoms with Gasteiger partial charge in [-0.2, -0.15) is 13.2 Å². The normalized spacial score (nSPS) is 20.3. The van der Waals surface area contributed by atoms with Gasteiger partial charge in [0.2, 0.25) is 5.91 Å². The van der Waals surface area contributed by atoms with Gasteiger partial charge in [0.15, 0.2) is 0 Å². The Morgan fingerprint density at radius 3 is 2.33 bits per heavy atom. The SMILES string of the molecule is CCN(CC(=O)O)C1CC(NC(=O)C(C)(C)c2cccc(C(F)(F)F)c2)C1. The van der Waals surface area contributed by atoms with E-state index < -0.39 is 23.1 Å². The van der Waals surface area contributed by atoms with E-state index in [2.05, 4.69) is 5.32 Å². The minimum absolute atomic E-state index is 0.0441. The summed E-state index contributed by atoms with van der Waals surface area (Å²) in [4.78, 5) is 25.4. The second-order valence-corrected chi connectivity index (χ2v) is 7.46. The summed E-state index contributed by atoms with van der Waals surface area (Å²) in [5.74, 6) is -1.23. The lowest BCUT2D eigenvalue weighted by Crippen LogP contribution is -2.57. The summed E-state index contributed by atoms with van der Waals surface area (Å²) in [6.07, 6.45) is -3.20. The number of rotatable bonds is 7. The van der Waals surface area contributed by atoms with Gasteiger partial charge in [-0.1, -0.05) is 25.1 Å². The van der Waals surface area contributed by atoms with Gasteiger partial charge >= 0.3 is 12.1 Å². The number of carboxylic acid groups (broad SMARTS) is 1. The van der Waals surface area contributed by atoms with Crippen molar-refractivity contribution in [2.75, 3.05) is 13.1 Å². The molecular weight excluding hydrogens is 361 g/mol. The molecular formula is C19H25F3N2O3. The number of benzene rings is 1. The van der Waals surface area contributed by atoms with Crippen LogP contribution in [-0.4, -0.2) is 47.1 Å². The molecule has 8 heteroatoms. The number of carbonyl (C=O) groups is 2. The number of hydrogen-bond acceptors (Lipinski definition) is 3. The molecule has 27 heavy (non-hydrogen) atoms. The van der Waals surface area contributed by atoms with E-state index in [-0.39, 0.29) is 24.5 Å². The van der Waals surface area contributed by atoms with Crippen molar-refractivity contribution in [2.24, 2.45) is 0 Å². The highest BCUT2D eigenvalue weighted by molar-refractivity contribution is 5.87. The fraction of sp³-hybridized carbons (Fsp3) is 0.579. The first-order chi connectivity index (χ1) is 12.4. The second-order valence-electron chi connectivity index (χ2n) is 7.46. The van der Waals surface area contributed by atoms with Crippen molar-refractivity contribution >= 4 is 11.9 Å². The standard InChI is InChI=1S/C19H25F3N2O3/c1-4-24(11-16(25)26)15-9-14(10-15)23-17(27)18(2,3)12-6-5-7-13(8-12)19(20,21)22/h5-8,14-15H,4,9-11H2,1-3H3,(H,23,27)(H,25,26). The molecule has 1 aliphatic rings. The zero-order chi connectivity index (χ0) is 20.4. The number of nitrogens with one attached hydrogen (secondary N) is 1. The van der Waals surface area contributed by atoms with Crippen molar-refractivity contribution in [1.29, 1.82) is 0 Å². The molecule has 0 aromatic heterocycles. The van der Waals surface area contributed by atoms with E-state index in [0.717, 1.165) is 12.1 Å². The maximum atomic E-state index is 12.9. The Labute approximate surface area is 156 Å². The van der Waals surface area contributed by atoms with Crippen molar-refractivity contribution in [3.8, 4) is 0 Å². The Morgan fingerprint density at radius 2 is 1.81 bits per heavy atom. The third-order valence-electron chi connectivity index (χ3n) is 5.19. The summed E-state index contributed by atoms with van der Waals surface area (Å²) in [6, 6.07) is 4.80. The van der Waals surface area contributed by atoms with Crippen LogP contribution in [0.5, 0.6) is 0 Å². The van der Waals surface area contributed by atoms with Crippen LogP contribution in [0.15, 0.2) is 24.3 Å². The molecule has 0 aliphatic heterocycles. The molecule has 0 saturated heterocycles. The molecule has 0 spiro atoms. The predicted molar refractivity (Wildman–Crippen MR) is 94.3 cm³/mol. The minimum Gasteiger partial charge on any atom is -0.480 e. The summed E-state index contributed by atoms with van der Waals surface area (Å²) in [5.41, 5.74) is -1.60. The molecule has 1 aliphatic carbocycles. The number of halogens is 3. The summed E-state index contributed by atoms with van der Waals surface area (Å²) >= 11 is 0. The van der Waals surface area contributed by atoms with Gasteiger partial charge in [0, 0.05) is 12.1 Å². The van der Waals surface area contributed by atoms with Crippen LogP contribution in [0.1, 0.15) is 44.7 Å². The predicted octanol–water partition coefficient (Wildman–Crippen LogP) is 3.04. The number of hydrogen-bond donors (Lipinski definition) is 2. The minimum atomic E-state index is -4.46. The molecule has 0 unspecified atom stereocenters. The lowest BCUT2D eigenvalue weighted by Gasteiger charge is -2.43. The molecule has 1 saturated carbocycles. The highest BCUT2D eigenvalue weighted by Crippen LogP contribution is 2.33. The first-order valence-corrected chi connectivity index (χ1v) is 8.89. The van der Waals surface area contributed by atoms with Crippen molar-refractivity contribution in [3.05, 3.63) is 35.4 Å². The third-order valence-corrected chi connectivity index (χ3v) is 5.19.